The van der Waals surface area contributed by atoms with E-state index < -0.39 is 11.9 Å². The quantitative estimate of drug-likeness (QED) is 0.369. The number of carboxylic acids is 1. The fraction of sp³-hybridized carbons (Fsp3) is 0.167. The van der Waals surface area contributed by atoms with Crippen LogP contribution in [-0.4, -0.2) is 31.8 Å². The maximum Gasteiger partial charge on any atom is 0.307 e. The molecule has 0 radical (unpaired) electrons. The van der Waals surface area contributed by atoms with Crippen molar-refractivity contribution in [3.8, 4) is 11.1 Å². The molecule has 0 spiro atoms. The Morgan fingerprint density at radius 2 is 1.66 bits per heavy atom. The molecule has 8 heteroatoms. The van der Waals surface area contributed by atoms with Gasteiger partial charge in [-0.05, 0) is 53.9 Å². The van der Waals surface area contributed by atoms with Crippen LogP contribution in [0.2, 0.25) is 5.02 Å². The van der Waals surface area contributed by atoms with Crippen LogP contribution in [0.15, 0.2) is 82.5 Å². The second-order valence-electron chi connectivity index (χ2n) is 7.30. The summed E-state index contributed by atoms with van der Waals surface area (Å²) in [5.41, 5.74) is 2.40. The number of aryl methyl sites for hydroxylation is 1. The Balaban J connectivity index is 1.39. The third kappa shape index (κ3) is 5.18. The summed E-state index contributed by atoms with van der Waals surface area (Å²) in [6.07, 6.45) is 0.290. The number of aromatic nitrogens is 3. The minimum atomic E-state index is -0.892. The fourth-order valence-electron chi connectivity index (χ4n) is 3.31. The maximum absolute atomic E-state index is 12.6. The Hall–Kier alpha value is -3.16. The summed E-state index contributed by atoms with van der Waals surface area (Å²) in [7, 11) is 0. The van der Waals surface area contributed by atoms with E-state index in [0.717, 1.165) is 16.0 Å². The van der Waals surface area contributed by atoms with Gasteiger partial charge >= 0.3 is 5.97 Å². The van der Waals surface area contributed by atoms with Gasteiger partial charge < -0.3 is 5.11 Å². The van der Waals surface area contributed by atoms with Crippen LogP contribution >= 0.6 is 23.4 Å². The van der Waals surface area contributed by atoms with Gasteiger partial charge in [-0.3, -0.25) is 9.59 Å². The zero-order valence-corrected chi connectivity index (χ0v) is 18.6. The third-order valence-corrected chi connectivity index (χ3v) is 6.58. The number of carbonyl (C=O) groups is 1. The third-order valence-electron chi connectivity index (χ3n) is 5.15. The fourth-order valence-corrected chi connectivity index (χ4v) is 4.47. The average Bonchev–Trinajstić information content (AvgIpc) is 2.81. The van der Waals surface area contributed by atoms with Crippen LogP contribution in [0.25, 0.3) is 22.0 Å². The van der Waals surface area contributed by atoms with Crippen LogP contribution in [0.1, 0.15) is 6.42 Å². The van der Waals surface area contributed by atoms with E-state index in [1.165, 1.54) is 16.4 Å². The smallest absolute Gasteiger partial charge is 0.307 e. The number of halogens is 1. The van der Waals surface area contributed by atoms with Crippen molar-refractivity contribution in [2.75, 3.05) is 5.75 Å². The van der Waals surface area contributed by atoms with E-state index >= 15 is 0 Å². The standard InChI is InChI=1S/C24H20ClN3O3S/c25-19-9-5-16(6-10-19)17-7-11-20(12-8-17)32-15-18(24(30)31)13-14-28-23(29)21-3-1-2-4-22(21)26-27-28/h1-12,18H,13-15H2,(H,30,31). The zero-order chi connectivity index (χ0) is 22.5. The molecule has 6 nitrogen and oxygen atoms in total. The first-order chi connectivity index (χ1) is 15.5. The molecule has 0 aliphatic carbocycles. The molecule has 1 aromatic heterocycles. The Morgan fingerprint density at radius 1 is 1.00 bits per heavy atom. The second kappa shape index (κ2) is 9.97. The molecule has 0 fully saturated rings. The number of aliphatic carboxylic acids is 1. The lowest BCUT2D eigenvalue weighted by Crippen LogP contribution is -2.27. The summed E-state index contributed by atoms with van der Waals surface area (Å²) in [4.78, 5) is 25.3. The number of nitrogens with zero attached hydrogens (tertiary/aromatic N) is 3. The first-order valence-corrected chi connectivity index (χ1v) is 11.4. The molecule has 1 heterocycles. The van der Waals surface area contributed by atoms with Crippen molar-refractivity contribution in [2.45, 2.75) is 17.9 Å². The first-order valence-electron chi connectivity index (χ1n) is 10.1. The molecule has 1 atom stereocenters. The van der Waals surface area contributed by atoms with E-state index in [9.17, 15) is 14.7 Å². The molecule has 0 saturated heterocycles. The Kier molecular flexibility index (Phi) is 6.87. The van der Waals surface area contributed by atoms with Gasteiger partial charge in [-0.1, -0.05) is 53.2 Å². The lowest BCUT2D eigenvalue weighted by Gasteiger charge is -2.13. The summed E-state index contributed by atoms with van der Waals surface area (Å²) in [6.45, 7) is 0.198. The molecule has 0 bridgehead atoms. The minimum absolute atomic E-state index is 0.198. The maximum atomic E-state index is 12.6. The molecule has 0 saturated carbocycles. The van der Waals surface area contributed by atoms with Crippen LogP contribution in [0, 0.1) is 5.92 Å². The van der Waals surface area contributed by atoms with Gasteiger partial charge in [0.25, 0.3) is 5.56 Å². The number of carboxylic acid groups (broad SMARTS) is 1. The predicted molar refractivity (Wildman–Crippen MR) is 127 cm³/mol. The molecule has 4 aromatic rings. The van der Waals surface area contributed by atoms with Crippen molar-refractivity contribution in [3.63, 3.8) is 0 Å². The topological polar surface area (TPSA) is 85.1 Å². The molecule has 0 amide bonds. The summed E-state index contributed by atoms with van der Waals surface area (Å²) < 4.78 is 1.24. The molecular formula is C24H20ClN3O3S. The van der Waals surface area contributed by atoms with Crippen LogP contribution in [0.5, 0.6) is 0 Å². The molecule has 1 unspecified atom stereocenters. The Bertz CT molecular complexity index is 1290. The van der Waals surface area contributed by atoms with Crippen molar-refractivity contribution in [2.24, 2.45) is 5.92 Å². The summed E-state index contributed by atoms with van der Waals surface area (Å²) in [5, 5.41) is 18.8. The zero-order valence-electron chi connectivity index (χ0n) is 17.0. The van der Waals surface area contributed by atoms with Crippen molar-refractivity contribution < 1.29 is 9.90 Å². The summed E-state index contributed by atoms with van der Waals surface area (Å²) in [6, 6.07) is 22.6. The second-order valence-corrected chi connectivity index (χ2v) is 8.83. The monoisotopic (exact) mass is 465 g/mol. The lowest BCUT2D eigenvalue weighted by atomic mass is 10.1. The number of fused-ring (bicyclic) bond motifs is 1. The number of rotatable bonds is 8. The number of thioether (sulfide) groups is 1. The van der Waals surface area contributed by atoms with E-state index in [1.54, 1.807) is 24.3 Å². The largest absolute Gasteiger partial charge is 0.481 e. The van der Waals surface area contributed by atoms with Crippen molar-refractivity contribution in [1.29, 1.82) is 0 Å². The number of benzene rings is 3. The van der Waals surface area contributed by atoms with E-state index in [-0.39, 0.29) is 18.5 Å². The molecule has 162 valence electrons. The van der Waals surface area contributed by atoms with Gasteiger partial charge in [-0.2, -0.15) is 0 Å². The molecule has 4 rings (SSSR count). The molecule has 0 aliphatic heterocycles. The highest BCUT2D eigenvalue weighted by molar-refractivity contribution is 7.99. The van der Waals surface area contributed by atoms with Crippen molar-refractivity contribution in [1.82, 2.24) is 15.0 Å². The minimum Gasteiger partial charge on any atom is -0.481 e. The van der Waals surface area contributed by atoms with E-state index in [1.807, 2.05) is 48.5 Å². The van der Waals surface area contributed by atoms with Gasteiger partial charge in [0.15, 0.2) is 0 Å². The van der Waals surface area contributed by atoms with Crippen LogP contribution < -0.4 is 5.56 Å². The van der Waals surface area contributed by atoms with E-state index in [2.05, 4.69) is 10.3 Å². The van der Waals surface area contributed by atoms with Gasteiger partial charge in [-0.25, -0.2) is 4.68 Å². The van der Waals surface area contributed by atoms with Gasteiger partial charge in [-0.15, -0.1) is 16.9 Å². The molecule has 3 aromatic carbocycles. The van der Waals surface area contributed by atoms with Crippen LogP contribution in [0.4, 0.5) is 0 Å². The summed E-state index contributed by atoms with van der Waals surface area (Å²) >= 11 is 7.42. The van der Waals surface area contributed by atoms with Gasteiger partial charge in [0.1, 0.15) is 5.52 Å². The van der Waals surface area contributed by atoms with E-state index in [4.69, 9.17) is 11.6 Å². The van der Waals surface area contributed by atoms with Crippen molar-refractivity contribution >= 4 is 40.2 Å². The van der Waals surface area contributed by atoms with E-state index in [0.29, 0.717) is 21.7 Å². The summed E-state index contributed by atoms with van der Waals surface area (Å²) in [5.74, 6) is -1.11. The number of hydrogen-bond acceptors (Lipinski definition) is 5. The molecule has 0 aliphatic rings. The van der Waals surface area contributed by atoms with Gasteiger partial charge in [0.2, 0.25) is 0 Å². The highest BCUT2D eigenvalue weighted by atomic mass is 35.5. The highest BCUT2D eigenvalue weighted by Gasteiger charge is 2.19. The predicted octanol–water partition coefficient (Wildman–Crippen LogP) is 5.00. The number of hydrogen-bond donors (Lipinski definition) is 1. The Morgan fingerprint density at radius 3 is 2.34 bits per heavy atom. The Labute approximate surface area is 193 Å². The highest BCUT2D eigenvalue weighted by Crippen LogP contribution is 2.27. The van der Waals surface area contributed by atoms with Gasteiger partial charge in [0, 0.05) is 22.2 Å². The average molecular weight is 466 g/mol. The van der Waals surface area contributed by atoms with Gasteiger partial charge in [0.05, 0.1) is 11.3 Å². The molecule has 32 heavy (non-hydrogen) atoms. The first kappa shape index (κ1) is 22.0. The van der Waals surface area contributed by atoms with Crippen LogP contribution in [0.3, 0.4) is 0 Å². The lowest BCUT2D eigenvalue weighted by molar-refractivity contribution is -0.141. The normalized spacial score (nSPS) is 12.0. The molecular weight excluding hydrogens is 446 g/mol. The molecule has 1 N–H and O–H groups in total. The SMILES string of the molecule is O=C(O)C(CCn1nnc2ccccc2c1=O)CSc1ccc(-c2ccc(Cl)cc2)cc1. The van der Waals surface area contributed by atoms with Crippen molar-refractivity contribution in [3.05, 3.63) is 88.2 Å². The van der Waals surface area contributed by atoms with Crippen LogP contribution in [-0.2, 0) is 11.3 Å².